The molecule has 0 aromatic heterocycles. The van der Waals surface area contributed by atoms with Crippen molar-refractivity contribution in [3.8, 4) is 22.6 Å². The van der Waals surface area contributed by atoms with Gasteiger partial charge in [-0.1, -0.05) is 42.5 Å². The number of fused-ring (bicyclic) bond motifs is 1. The molecule has 0 fully saturated rings. The lowest BCUT2D eigenvalue weighted by molar-refractivity contribution is -0.119. The minimum atomic E-state index is -3.90. The van der Waals surface area contributed by atoms with Crippen LogP contribution in [0, 0.1) is 0 Å². The maximum Gasteiger partial charge on any atom is 0.338 e. The zero-order chi connectivity index (χ0) is 27.2. The van der Waals surface area contributed by atoms with Crippen molar-refractivity contribution in [2.75, 3.05) is 29.9 Å². The van der Waals surface area contributed by atoms with Crippen molar-refractivity contribution in [1.82, 2.24) is 0 Å². The van der Waals surface area contributed by atoms with Crippen molar-refractivity contribution in [2.45, 2.75) is 4.90 Å². The largest absolute Gasteiger partial charge is 0.486 e. The van der Waals surface area contributed by atoms with Crippen LogP contribution in [0.1, 0.15) is 10.4 Å². The monoisotopic (exact) mass is 544 g/mol. The number of amides is 1. The second-order valence-corrected chi connectivity index (χ2v) is 10.2. The SMILES string of the molecule is O=C(COC(=O)c1ccc(NS(=O)(=O)c2ccc3c(c2)OCCO3)cc1)Nc1ccc(-c2ccccc2)cc1. The molecule has 10 heteroatoms. The van der Waals surface area contributed by atoms with E-state index in [0.717, 1.165) is 11.1 Å². The molecule has 198 valence electrons. The summed E-state index contributed by atoms with van der Waals surface area (Å²) in [6, 6.07) is 27.2. The number of hydrogen-bond donors (Lipinski definition) is 2. The summed E-state index contributed by atoms with van der Waals surface area (Å²) in [5, 5.41) is 2.69. The van der Waals surface area contributed by atoms with Crippen LogP contribution in [0.15, 0.2) is 102 Å². The summed E-state index contributed by atoms with van der Waals surface area (Å²) >= 11 is 0. The first-order chi connectivity index (χ1) is 18.9. The number of hydrogen-bond acceptors (Lipinski definition) is 7. The van der Waals surface area contributed by atoms with E-state index in [0.29, 0.717) is 30.4 Å². The number of rotatable bonds is 8. The van der Waals surface area contributed by atoms with Gasteiger partial charge < -0.3 is 19.5 Å². The summed E-state index contributed by atoms with van der Waals surface area (Å²) in [6.45, 7) is 0.266. The van der Waals surface area contributed by atoms with E-state index < -0.39 is 28.5 Å². The number of ether oxygens (including phenoxy) is 3. The molecule has 4 aromatic rings. The van der Waals surface area contributed by atoms with Crippen molar-refractivity contribution in [3.63, 3.8) is 0 Å². The predicted octanol–water partition coefficient (Wildman–Crippen LogP) is 4.72. The van der Waals surface area contributed by atoms with Gasteiger partial charge in [0.2, 0.25) is 0 Å². The lowest BCUT2D eigenvalue weighted by Crippen LogP contribution is -2.21. The average molecular weight is 545 g/mol. The van der Waals surface area contributed by atoms with Crippen LogP contribution in [0.3, 0.4) is 0 Å². The molecule has 4 aromatic carbocycles. The molecular formula is C29H24N2O7S. The summed E-state index contributed by atoms with van der Waals surface area (Å²) in [7, 11) is -3.90. The summed E-state index contributed by atoms with van der Waals surface area (Å²) in [5.41, 5.74) is 3.06. The number of benzene rings is 4. The molecule has 1 heterocycles. The number of sulfonamides is 1. The third-order valence-electron chi connectivity index (χ3n) is 5.81. The zero-order valence-corrected chi connectivity index (χ0v) is 21.4. The van der Waals surface area contributed by atoms with Gasteiger partial charge in [-0.15, -0.1) is 0 Å². The highest BCUT2D eigenvalue weighted by molar-refractivity contribution is 7.92. The second-order valence-electron chi connectivity index (χ2n) is 8.56. The molecule has 9 nitrogen and oxygen atoms in total. The molecule has 2 N–H and O–H groups in total. The van der Waals surface area contributed by atoms with E-state index in [1.54, 1.807) is 12.1 Å². The smallest absolute Gasteiger partial charge is 0.338 e. The molecule has 1 amide bonds. The third-order valence-corrected chi connectivity index (χ3v) is 7.19. The van der Waals surface area contributed by atoms with Gasteiger partial charge in [-0.25, -0.2) is 13.2 Å². The van der Waals surface area contributed by atoms with Crippen LogP contribution >= 0.6 is 0 Å². The van der Waals surface area contributed by atoms with Crippen LogP contribution in [0.5, 0.6) is 11.5 Å². The Balaban J connectivity index is 1.13. The highest BCUT2D eigenvalue weighted by Crippen LogP contribution is 2.32. The van der Waals surface area contributed by atoms with Gasteiger partial charge in [0.25, 0.3) is 15.9 Å². The normalized spacial score (nSPS) is 12.3. The fourth-order valence-electron chi connectivity index (χ4n) is 3.87. The molecule has 1 aliphatic heterocycles. The summed E-state index contributed by atoms with van der Waals surface area (Å²) in [5.74, 6) is -0.362. The maximum absolute atomic E-state index is 12.8. The van der Waals surface area contributed by atoms with Gasteiger partial charge in [-0.3, -0.25) is 9.52 Å². The first-order valence-electron chi connectivity index (χ1n) is 12.0. The third kappa shape index (κ3) is 6.36. The van der Waals surface area contributed by atoms with Gasteiger partial charge in [-0.05, 0) is 59.7 Å². The average Bonchev–Trinajstić information content (AvgIpc) is 2.97. The standard InChI is InChI=1S/C29H24N2O7S/c32-28(30-23-10-6-21(7-11-23)20-4-2-1-3-5-20)19-38-29(33)22-8-12-24(13-9-22)31-39(34,35)25-14-15-26-27(18-25)37-17-16-36-26/h1-15,18,31H,16-17,19H2,(H,30,32). The minimum Gasteiger partial charge on any atom is -0.486 e. The van der Waals surface area contributed by atoms with Crippen LogP contribution < -0.4 is 19.5 Å². The summed E-state index contributed by atoms with van der Waals surface area (Å²) < 4.78 is 44.0. The molecule has 39 heavy (non-hydrogen) atoms. The molecule has 0 saturated heterocycles. The Hall–Kier alpha value is -4.83. The lowest BCUT2D eigenvalue weighted by atomic mass is 10.1. The molecule has 0 radical (unpaired) electrons. The van der Waals surface area contributed by atoms with Crippen LogP contribution in [-0.4, -0.2) is 40.1 Å². The number of anilines is 2. The number of esters is 1. The molecule has 0 saturated carbocycles. The highest BCUT2D eigenvalue weighted by Gasteiger charge is 2.20. The highest BCUT2D eigenvalue weighted by atomic mass is 32.2. The maximum atomic E-state index is 12.8. The van der Waals surface area contributed by atoms with Gasteiger partial charge in [0, 0.05) is 17.4 Å². The zero-order valence-electron chi connectivity index (χ0n) is 20.6. The number of nitrogens with one attached hydrogen (secondary N) is 2. The van der Waals surface area contributed by atoms with Crippen LogP contribution in [0.25, 0.3) is 11.1 Å². The first kappa shape index (κ1) is 25.8. The lowest BCUT2D eigenvalue weighted by Gasteiger charge is -2.19. The Labute approximate surface area is 225 Å². The van der Waals surface area contributed by atoms with Gasteiger partial charge in [0.15, 0.2) is 18.1 Å². The molecule has 0 atom stereocenters. The summed E-state index contributed by atoms with van der Waals surface area (Å²) in [4.78, 5) is 24.7. The number of carbonyl (C=O) groups is 2. The van der Waals surface area contributed by atoms with Crippen molar-refractivity contribution in [1.29, 1.82) is 0 Å². The van der Waals surface area contributed by atoms with Crippen LogP contribution in [0.2, 0.25) is 0 Å². The van der Waals surface area contributed by atoms with Crippen molar-refractivity contribution >= 4 is 33.3 Å². The van der Waals surface area contributed by atoms with Gasteiger partial charge in [0.05, 0.1) is 10.5 Å². The Kier molecular flexibility index (Phi) is 7.46. The fourth-order valence-corrected chi connectivity index (χ4v) is 4.94. The van der Waals surface area contributed by atoms with Gasteiger partial charge in [0.1, 0.15) is 13.2 Å². The molecule has 1 aliphatic rings. The quantitative estimate of drug-likeness (QED) is 0.308. The first-order valence-corrected chi connectivity index (χ1v) is 13.5. The van der Waals surface area contributed by atoms with Crippen LogP contribution in [-0.2, 0) is 19.6 Å². The fraction of sp³-hybridized carbons (Fsp3) is 0.103. The van der Waals surface area contributed by atoms with E-state index in [9.17, 15) is 18.0 Å². The Bertz CT molecular complexity index is 1590. The Morgan fingerprint density at radius 2 is 1.38 bits per heavy atom. The van der Waals surface area contributed by atoms with Gasteiger partial charge >= 0.3 is 5.97 Å². The van der Waals surface area contributed by atoms with Crippen molar-refractivity contribution in [3.05, 3.63) is 103 Å². The molecule has 0 unspecified atom stereocenters. The molecule has 0 aliphatic carbocycles. The molecule has 0 bridgehead atoms. The van der Waals surface area contributed by atoms with E-state index in [1.807, 2.05) is 42.5 Å². The van der Waals surface area contributed by atoms with E-state index in [4.69, 9.17) is 14.2 Å². The Morgan fingerprint density at radius 1 is 0.744 bits per heavy atom. The molecular weight excluding hydrogens is 520 g/mol. The van der Waals surface area contributed by atoms with E-state index in [2.05, 4.69) is 10.0 Å². The topological polar surface area (TPSA) is 120 Å². The minimum absolute atomic E-state index is 0.0101. The van der Waals surface area contributed by atoms with E-state index in [-0.39, 0.29) is 16.1 Å². The summed E-state index contributed by atoms with van der Waals surface area (Å²) in [6.07, 6.45) is 0. The van der Waals surface area contributed by atoms with Crippen molar-refractivity contribution < 1.29 is 32.2 Å². The van der Waals surface area contributed by atoms with Gasteiger partial charge in [-0.2, -0.15) is 0 Å². The van der Waals surface area contributed by atoms with E-state index in [1.165, 1.54) is 42.5 Å². The van der Waals surface area contributed by atoms with Crippen LogP contribution in [0.4, 0.5) is 11.4 Å². The predicted molar refractivity (Wildman–Crippen MR) is 145 cm³/mol. The molecule has 5 rings (SSSR count). The Morgan fingerprint density at radius 3 is 2.10 bits per heavy atom. The molecule has 0 spiro atoms. The van der Waals surface area contributed by atoms with E-state index >= 15 is 0 Å². The van der Waals surface area contributed by atoms with Crippen molar-refractivity contribution in [2.24, 2.45) is 0 Å². The number of carbonyl (C=O) groups excluding carboxylic acids is 2. The second kappa shape index (κ2) is 11.3.